The van der Waals surface area contributed by atoms with Crippen LogP contribution in [0.5, 0.6) is 11.5 Å². The molecule has 6 heteroatoms. The Bertz CT molecular complexity index is 504. The molecule has 5 nitrogen and oxygen atoms in total. The van der Waals surface area contributed by atoms with Gasteiger partial charge in [0.2, 0.25) is 5.91 Å². The third kappa shape index (κ3) is 4.04. The van der Waals surface area contributed by atoms with E-state index in [1.54, 1.807) is 0 Å². The molecule has 1 fully saturated rings. The van der Waals surface area contributed by atoms with Crippen molar-refractivity contribution in [1.82, 2.24) is 5.32 Å². The van der Waals surface area contributed by atoms with Crippen LogP contribution < -0.4 is 20.1 Å². The Morgan fingerprint density at radius 3 is 2.95 bits per heavy atom. The van der Waals surface area contributed by atoms with E-state index in [0.717, 1.165) is 23.6 Å². The van der Waals surface area contributed by atoms with Crippen LogP contribution in [0.1, 0.15) is 12.8 Å². The number of nitrogens with one attached hydrogen (secondary N) is 2. The first kappa shape index (κ1) is 14.5. The lowest BCUT2D eigenvalue weighted by Crippen LogP contribution is -2.39. The zero-order valence-corrected chi connectivity index (χ0v) is 12.7. The molecular formula is C15H20N2O3S. The van der Waals surface area contributed by atoms with Crippen LogP contribution in [0, 0.1) is 0 Å². The lowest BCUT2D eigenvalue weighted by molar-refractivity contribution is -0.115. The van der Waals surface area contributed by atoms with E-state index in [2.05, 4.69) is 10.6 Å². The summed E-state index contributed by atoms with van der Waals surface area (Å²) in [5.41, 5.74) is 0.740. The van der Waals surface area contributed by atoms with E-state index in [4.69, 9.17) is 9.47 Å². The van der Waals surface area contributed by atoms with E-state index in [-0.39, 0.29) is 5.91 Å². The molecule has 0 radical (unpaired) electrons. The Labute approximate surface area is 128 Å². The molecule has 2 heterocycles. The van der Waals surface area contributed by atoms with Crippen molar-refractivity contribution in [3.05, 3.63) is 18.2 Å². The minimum absolute atomic E-state index is 0.0257. The third-order valence-corrected chi connectivity index (χ3v) is 4.75. The molecule has 0 aliphatic carbocycles. The van der Waals surface area contributed by atoms with Crippen LogP contribution in [0.3, 0.4) is 0 Å². The van der Waals surface area contributed by atoms with Gasteiger partial charge < -0.3 is 20.1 Å². The van der Waals surface area contributed by atoms with Crippen molar-refractivity contribution in [2.45, 2.75) is 18.9 Å². The fraction of sp³-hybridized carbons (Fsp3) is 0.533. The summed E-state index contributed by atoms with van der Waals surface area (Å²) < 4.78 is 11.0. The molecule has 114 valence electrons. The fourth-order valence-electron chi connectivity index (χ4n) is 2.47. The zero-order chi connectivity index (χ0) is 14.5. The lowest BCUT2D eigenvalue weighted by Gasteiger charge is -2.22. The van der Waals surface area contributed by atoms with Crippen molar-refractivity contribution in [3.8, 4) is 11.5 Å². The van der Waals surface area contributed by atoms with Crippen LogP contribution in [0.15, 0.2) is 18.2 Å². The molecule has 0 aromatic heterocycles. The van der Waals surface area contributed by atoms with E-state index in [0.29, 0.717) is 31.5 Å². The molecule has 0 saturated carbocycles. The van der Waals surface area contributed by atoms with E-state index in [1.807, 2.05) is 30.0 Å². The predicted octanol–water partition coefficient (Wildman–Crippen LogP) is 1.88. The minimum Gasteiger partial charge on any atom is -0.486 e. The highest BCUT2D eigenvalue weighted by Crippen LogP contribution is 2.32. The summed E-state index contributed by atoms with van der Waals surface area (Å²) >= 11 is 1.95. The number of hydrogen-bond donors (Lipinski definition) is 2. The summed E-state index contributed by atoms with van der Waals surface area (Å²) in [6.45, 7) is 1.47. The van der Waals surface area contributed by atoms with Crippen molar-refractivity contribution in [2.24, 2.45) is 0 Å². The number of anilines is 1. The van der Waals surface area contributed by atoms with E-state index in [9.17, 15) is 4.79 Å². The van der Waals surface area contributed by atoms with Crippen molar-refractivity contribution in [3.63, 3.8) is 0 Å². The van der Waals surface area contributed by atoms with Crippen LogP contribution in [-0.4, -0.2) is 43.2 Å². The average molecular weight is 308 g/mol. The Kier molecular flexibility index (Phi) is 4.87. The maximum atomic E-state index is 12.0. The topological polar surface area (TPSA) is 59.6 Å². The second-order valence-corrected chi connectivity index (χ2v) is 6.35. The number of rotatable bonds is 4. The number of benzene rings is 1. The van der Waals surface area contributed by atoms with Crippen LogP contribution in [0.25, 0.3) is 0 Å². The molecule has 1 saturated heterocycles. The van der Waals surface area contributed by atoms with Crippen molar-refractivity contribution in [2.75, 3.05) is 36.6 Å². The molecule has 2 aliphatic rings. The maximum Gasteiger partial charge on any atom is 0.238 e. The molecule has 2 aliphatic heterocycles. The Morgan fingerprint density at radius 1 is 1.29 bits per heavy atom. The number of hydrogen-bond acceptors (Lipinski definition) is 5. The monoisotopic (exact) mass is 308 g/mol. The van der Waals surface area contributed by atoms with Gasteiger partial charge in [-0.05, 0) is 30.7 Å². The van der Waals surface area contributed by atoms with Crippen LogP contribution in [-0.2, 0) is 4.79 Å². The van der Waals surface area contributed by atoms with Gasteiger partial charge in [0.05, 0.1) is 6.54 Å². The van der Waals surface area contributed by atoms with Gasteiger partial charge in [0, 0.05) is 23.5 Å². The van der Waals surface area contributed by atoms with Gasteiger partial charge in [-0.25, -0.2) is 0 Å². The minimum atomic E-state index is -0.0257. The van der Waals surface area contributed by atoms with Crippen LogP contribution in [0.2, 0.25) is 0 Å². The van der Waals surface area contributed by atoms with E-state index in [1.165, 1.54) is 12.2 Å². The number of ether oxygens (including phenoxy) is 2. The normalized spacial score (nSPS) is 20.9. The molecule has 2 N–H and O–H groups in total. The largest absolute Gasteiger partial charge is 0.486 e. The Morgan fingerprint density at radius 2 is 2.14 bits per heavy atom. The van der Waals surface area contributed by atoms with Crippen molar-refractivity contribution < 1.29 is 14.3 Å². The van der Waals surface area contributed by atoms with Crippen LogP contribution in [0.4, 0.5) is 5.69 Å². The summed E-state index contributed by atoms with van der Waals surface area (Å²) in [4.78, 5) is 12.0. The first-order valence-corrected chi connectivity index (χ1v) is 8.47. The zero-order valence-electron chi connectivity index (χ0n) is 11.9. The van der Waals surface area contributed by atoms with Gasteiger partial charge in [0.1, 0.15) is 13.2 Å². The average Bonchev–Trinajstić information content (AvgIpc) is 2.54. The van der Waals surface area contributed by atoms with Gasteiger partial charge in [-0.15, -0.1) is 0 Å². The molecule has 3 rings (SSSR count). The molecule has 1 amide bonds. The van der Waals surface area contributed by atoms with Gasteiger partial charge in [-0.1, -0.05) is 0 Å². The van der Waals surface area contributed by atoms with Crippen molar-refractivity contribution >= 4 is 23.4 Å². The smallest absolute Gasteiger partial charge is 0.238 e. The second kappa shape index (κ2) is 7.04. The molecular weight excluding hydrogens is 288 g/mol. The standard InChI is InChI=1S/C15H20N2O3S/c18-15(9-16-12-2-1-7-21-10-12)17-11-3-4-13-14(8-11)20-6-5-19-13/h3-4,8,12,16H,1-2,5-7,9-10H2,(H,17,18). The summed E-state index contributed by atoms with van der Waals surface area (Å²) in [5.74, 6) is 3.73. The van der Waals surface area contributed by atoms with Crippen LogP contribution >= 0.6 is 11.8 Å². The highest BCUT2D eigenvalue weighted by molar-refractivity contribution is 7.99. The van der Waals surface area contributed by atoms with Gasteiger partial charge >= 0.3 is 0 Å². The second-order valence-electron chi connectivity index (χ2n) is 5.20. The highest BCUT2D eigenvalue weighted by Gasteiger charge is 2.15. The Hall–Kier alpha value is -1.40. The molecule has 0 bridgehead atoms. The SMILES string of the molecule is O=C(CNC1CCCSC1)Nc1ccc2c(c1)OCCO2. The lowest BCUT2D eigenvalue weighted by atomic mass is 10.2. The van der Waals surface area contributed by atoms with Gasteiger partial charge in [0.15, 0.2) is 11.5 Å². The predicted molar refractivity (Wildman–Crippen MR) is 84.4 cm³/mol. The number of carbonyl (C=O) groups excluding carboxylic acids is 1. The summed E-state index contributed by atoms with van der Waals surface area (Å²) in [7, 11) is 0. The van der Waals surface area contributed by atoms with E-state index < -0.39 is 0 Å². The maximum absolute atomic E-state index is 12.0. The highest BCUT2D eigenvalue weighted by atomic mass is 32.2. The van der Waals surface area contributed by atoms with E-state index >= 15 is 0 Å². The summed E-state index contributed by atoms with van der Waals surface area (Å²) in [6, 6.07) is 5.93. The number of carbonyl (C=O) groups is 1. The molecule has 1 aromatic carbocycles. The van der Waals surface area contributed by atoms with Gasteiger partial charge in [-0.3, -0.25) is 4.79 Å². The molecule has 21 heavy (non-hydrogen) atoms. The third-order valence-electron chi connectivity index (χ3n) is 3.54. The first-order valence-electron chi connectivity index (χ1n) is 7.32. The van der Waals surface area contributed by atoms with Gasteiger partial charge in [0.25, 0.3) is 0 Å². The summed E-state index contributed by atoms with van der Waals surface area (Å²) in [5, 5.41) is 6.20. The van der Waals surface area contributed by atoms with Crippen molar-refractivity contribution in [1.29, 1.82) is 0 Å². The molecule has 1 unspecified atom stereocenters. The number of amides is 1. The first-order chi connectivity index (χ1) is 10.3. The molecule has 0 spiro atoms. The molecule has 1 atom stereocenters. The fourth-order valence-corrected chi connectivity index (χ4v) is 3.57. The quantitative estimate of drug-likeness (QED) is 0.889. The molecule has 1 aromatic rings. The Balaban J connectivity index is 1.50. The number of thioether (sulfide) groups is 1. The van der Waals surface area contributed by atoms with Gasteiger partial charge in [-0.2, -0.15) is 11.8 Å². The number of fused-ring (bicyclic) bond motifs is 1. The summed E-state index contributed by atoms with van der Waals surface area (Å²) in [6.07, 6.45) is 2.39.